The molecule has 156 valence electrons. The highest BCUT2D eigenvalue weighted by Gasteiger charge is 2.33. The molecule has 2 heterocycles. The molecule has 1 fully saturated rings. The lowest BCUT2D eigenvalue weighted by Gasteiger charge is -2.27. The SMILES string of the molecule is O=C(CCN1CCOCC1)N1N=C(c2ccccc2)CC1c1ccc([N+](=O)[O-])cc1. The second kappa shape index (κ2) is 9.15. The van der Waals surface area contributed by atoms with Gasteiger partial charge in [0.1, 0.15) is 0 Å². The number of benzene rings is 2. The molecule has 0 aliphatic carbocycles. The van der Waals surface area contributed by atoms with E-state index < -0.39 is 4.92 Å². The van der Waals surface area contributed by atoms with Crippen molar-refractivity contribution in [2.45, 2.75) is 18.9 Å². The van der Waals surface area contributed by atoms with Gasteiger partial charge in [0.25, 0.3) is 5.69 Å². The zero-order valence-electron chi connectivity index (χ0n) is 16.6. The zero-order valence-corrected chi connectivity index (χ0v) is 16.6. The van der Waals surface area contributed by atoms with Gasteiger partial charge in [-0.25, -0.2) is 5.01 Å². The van der Waals surface area contributed by atoms with Crippen molar-refractivity contribution in [3.05, 3.63) is 75.8 Å². The maximum Gasteiger partial charge on any atom is 0.269 e. The molecule has 0 spiro atoms. The molecule has 2 aromatic rings. The maximum atomic E-state index is 13.1. The number of morpholine rings is 1. The molecule has 4 rings (SSSR count). The summed E-state index contributed by atoms with van der Waals surface area (Å²) in [5, 5.41) is 17.2. The van der Waals surface area contributed by atoms with E-state index in [1.165, 1.54) is 12.1 Å². The van der Waals surface area contributed by atoms with Gasteiger partial charge in [-0.15, -0.1) is 0 Å². The summed E-state index contributed by atoms with van der Waals surface area (Å²) in [7, 11) is 0. The Hall–Kier alpha value is -3.10. The minimum Gasteiger partial charge on any atom is -0.379 e. The van der Waals surface area contributed by atoms with Crippen LogP contribution < -0.4 is 0 Å². The van der Waals surface area contributed by atoms with Crippen LogP contribution in [-0.4, -0.2) is 59.3 Å². The fraction of sp³-hybridized carbons (Fsp3) is 0.364. The molecule has 0 aromatic heterocycles. The van der Waals surface area contributed by atoms with E-state index in [1.807, 2.05) is 30.3 Å². The molecule has 1 amide bonds. The number of amides is 1. The van der Waals surface area contributed by atoms with E-state index in [4.69, 9.17) is 4.74 Å². The van der Waals surface area contributed by atoms with Crippen LogP contribution >= 0.6 is 0 Å². The summed E-state index contributed by atoms with van der Waals surface area (Å²) in [4.78, 5) is 25.9. The highest BCUT2D eigenvalue weighted by atomic mass is 16.6. The van der Waals surface area contributed by atoms with Gasteiger partial charge < -0.3 is 4.74 Å². The molecule has 2 aliphatic rings. The van der Waals surface area contributed by atoms with Crippen molar-refractivity contribution in [1.82, 2.24) is 9.91 Å². The summed E-state index contributed by atoms with van der Waals surface area (Å²) in [5.74, 6) is -0.0456. The number of nitro benzene ring substituents is 1. The van der Waals surface area contributed by atoms with Gasteiger partial charge in [0, 0.05) is 44.6 Å². The molecule has 0 N–H and O–H groups in total. The van der Waals surface area contributed by atoms with Gasteiger partial charge in [0.05, 0.1) is 29.9 Å². The van der Waals surface area contributed by atoms with Gasteiger partial charge in [0.15, 0.2) is 0 Å². The van der Waals surface area contributed by atoms with Gasteiger partial charge in [-0.05, 0) is 11.1 Å². The molecule has 0 radical (unpaired) electrons. The third-order valence-electron chi connectivity index (χ3n) is 5.51. The molecule has 30 heavy (non-hydrogen) atoms. The Kier molecular flexibility index (Phi) is 6.15. The molecule has 1 saturated heterocycles. The topological polar surface area (TPSA) is 88.3 Å². The number of nitrogens with zero attached hydrogens (tertiary/aromatic N) is 4. The number of hydrogen-bond acceptors (Lipinski definition) is 6. The summed E-state index contributed by atoms with van der Waals surface area (Å²) >= 11 is 0. The number of non-ortho nitro benzene ring substituents is 1. The Bertz CT molecular complexity index is 924. The van der Waals surface area contributed by atoms with Crippen molar-refractivity contribution < 1.29 is 14.5 Å². The normalized spacial score (nSPS) is 19.5. The van der Waals surface area contributed by atoms with Crippen molar-refractivity contribution in [2.75, 3.05) is 32.8 Å². The van der Waals surface area contributed by atoms with E-state index >= 15 is 0 Å². The molecule has 1 atom stereocenters. The average molecular weight is 408 g/mol. The standard InChI is InChI=1S/C22H24N4O4/c27-22(10-11-24-12-14-30-15-13-24)25-21(18-6-8-19(9-7-18)26(28)29)16-20(23-25)17-4-2-1-3-5-17/h1-9,21H,10-16H2. The van der Waals surface area contributed by atoms with Gasteiger partial charge in [0.2, 0.25) is 5.91 Å². The first kappa shape index (κ1) is 20.2. The number of hydrogen-bond donors (Lipinski definition) is 0. The van der Waals surface area contributed by atoms with Crippen LogP contribution in [0.4, 0.5) is 5.69 Å². The van der Waals surface area contributed by atoms with E-state index in [9.17, 15) is 14.9 Å². The van der Waals surface area contributed by atoms with Gasteiger partial charge in [-0.3, -0.25) is 19.8 Å². The summed E-state index contributed by atoms with van der Waals surface area (Å²) in [5.41, 5.74) is 2.70. The Morgan fingerprint density at radius 1 is 1.10 bits per heavy atom. The maximum absolute atomic E-state index is 13.1. The van der Waals surface area contributed by atoms with Crippen LogP contribution in [0, 0.1) is 10.1 Å². The molecule has 2 aliphatic heterocycles. The van der Waals surface area contributed by atoms with Crippen molar-refractivity contribution in [3.8, 4) is 0 Å². The van der Waals surface area contributed by atoms with E-state index in [2.05, 4.69) is 10.0 Å². The Morgan fingerprint density at radius 2 is 1.80 bits per heavy atom. The largest absolute Gasteiger partial charge is 0.379 e. The predicted octanol–water partition coefficient (Wildman–Crippen LogP) is 2.99. The third-order valence-corrected chi connectivity index (χ3v) is 5.51. The highest BCUT2D eigenvalue weighted by molar-refractivity contribution is 6.03. The van der Waals surface area contributed by atoms with E-state index in [-0.39, 0.29) is 17.6 Å². The van der Waals surface area contributed by atoms with Crippen LogP contribution in [0.25, 0.3) is 0 Å². The number of hydrazone groups is 1. The van der Waals surface area contributed by atoms with Crippen LogP contribution in [0.2, 0.25) is 0 Å². The van der Waals surface area contributed by atoms with Crippen molar-refractivity contribution in [1.29, 1.82) is 0 Å². The second-order valence-electron chi connectivity index (χ2n) is 7.42. The number of ether oxygens (including phenoxy) is 1. The fourth-order valence-corrected chi connectivity index (χ4v) is 3.82. The van der Waals surface area contributed by atoms with Crippen LogP contribution in [0.15, 0.2) is 59.7 Å². The van der Waals surface area contributed by atoms with E-state index in [0.717, 1.165) is 29.9 Å². The summed E-state index contributed by atoms with van der Waals surface area (Å²) in [6.45, 7) is 3.72. The van der Waals surface area contributed by atoms with Crippen LogP contribution in [0.5, 0.6) is 0 Å². The minimum absolute atomic E-state index is 0.0335. The first-order valence-electron chi connectivity index (χ1n) is 10.1. The first-order chi connectivity index (χ1) is 14.6. The molecule has 2 aromatic carbocycles. The summed E-state index contributed by atoms with van der Waals surface area (Å²) in [6, 6.07) is 15.9. The van der Waals surface area contributed by atoms with E-state index in [1.54, 1.807) is 17.1 Å². The minimum atomic E-state index is -0.421. The lowest BCUT2D eigenvalue weighted by atomic mass is 9.98. The average Bonchev–Trinajstić information content (AvgIpc) is 3.24. The Balaban J connectivity index is 1.54. The molecule has 8 nitrogen and oxygen atoms in total. The Labute approximate surface area is 174 Å². The molecule has 0 bridgehead atoms. The lowest BCUT2D eigenvalue weighted by Crippen LogP contribution is -2.39. The van der Waals surface area contributed by atoms with Gasteiger partial charge in [-0.1, -0.05) is 42.5 Å². The lowest BCUT2D eigenvalue weighted by molar-refractivity contribution is -0.384. The second-order valence-corrected chi connectivity index (χ2v) is 7.42. The van der Waals surface area contributed by atoms with Gasteiger partial charge in [-0.2, -0.15) is 5.10 Å². The van der Waals surface area contributed by atoms with Crippen LogP contribution in [0.3, 0.4) is 0 Å². The van der Waals surface area contributed by atoms with E-state index in [0.29, 0.717) is 32.6 Å². The van der Waals surface area contributed by atoms with Gasteiger partial charge >= 0.3 is 0 Å². The fourth-order valence-electron chi connectivity index (χ4n) is 3.82. The molecule has 1 unspecified atom stereocenters. The molecule has 8 heteroatoms. The number of rotatable bonds is 6. The number of nitro groups is 1. The number of carbonyl (C=O) groups excluding carboxylic acids is 1. The smallest absolute Gasteiger partial charge is 0.269 e. The monoisotopic (exact) mass is 408 g/mol. The predicted molar refractivity (Wildman–Crippen MR) is 112 cm³/mol. The molecular formula is C22H24N4O4. The van der Waals surface area contributed by atoms with Crippen molar-refractivity contribution >= 4 is 17.3 Å². The number of carbonyl (C=O) groups is 1. The summed E-state index contributed by atoms with van der Waals surface area (Å²) < 4.78 is 5.36. The van der Waals surface area contributed by atoms with Crippen LogP contribution in [0.1, 0.15) is 30.0 Å². The zero-order chi connectivity index (χ0) is 20.9. The van der Waals surface area contributed by atoms with Crippen LogP contribution in [-0.2, 0) is 9.53 Å². The highest BCUT2D eigenvalue weighted by Crippen LogP contribution is 2.34. The first-order valence-corrected chi connectivity index (χ1v) is 10.1. The summed E-state index contributed by atoms with van der Waals surface area (Å²) in [6.07, 6.45) is 0.945. The van der Waals surface area contributed by atoms with Crippen molar-refractivity contribution in [2.24, 2.45) is 5.10 Å². The quantitative estimate of drug-likeness (QED) is 0.542. The van der Waals surface area contributed by atoms with Crippen molar-refractivity contribution in [3.63, 3.8) is 0 Å². The Morgan fingerprint density at radius 3 is 2.47 bits per heavy atom. The molecular weight excluding hydrogens is 384 g/mol. The third kappa shape index (κ3) is 4.55. The molecule has 0 saturated carbocycles.